The highest BCUT2D eigenvalue weighted by Gasteiger charge is 2.11. The number of carbonyl (C=O) groups is 1. The molecule has 0 fully saturated rings. The summed E-state index contributed by atoms with van der Waals surface area (Å²) in [6.45, 7) is 0.634. The average molecular weight is 287 g/mol. The molecule has 0 heterocycles. The molecule has 4 heteroatoms. The number of Topliss-reactive ketones (excluding diaryl/α,β-unsaturated/α-hetero) is 1. The fraction of sp³-hybridized carbons (Fsp3) is 0.235. The van der Waals surface area contributed by atoms with Crippen LogP contribution in [0.5, 0.6) is 5.75 Å². The van der Waals surface area contributed by atoms with Gasteiger partial charge in [-0.2, -0.15) is 0 Å². The van der Waals surface area contributed by atoms with E-state index in [1.807, 2.05) is 0 Å². The van der Waals surface area contributed by atoms with Gasteiger partial charge in [-0.25, -0.2) is 4.39 Å². The molecule has 21 heavy (non-hydrogen) atoms. The van der Waals surface area contributed by atoms with Crippen molar-refractivity contribution in [3.63, 3.8) is 0 Å². The second kappa shape index (κ2) is 6.99. The number of carbonyl (C=O) groups excluding carboxylic acids is 1. The Balaban J connectivity index is 1.97. The minimum Gasteiger partial charge on any atom is -0.497 e. The third-order valence-electron chi connectivity index (χ3n) is 3.22. The lowest BCUT2D eigenvalue weighted by Gasteiger charge is -2.16. The highest BCUT2D eigenvalue weighted by Crippen LogP contribution is 2.13. The van der Waals surface area contributed by atoms with Crippen LogP contribution in [0.4, 0.5) is 4.39 Å². The van der Waals surface area contributed by atoms with Gasteiger partial charge in [-0.1, -0.05) is 18.2 Å². The van der Waals surface area contributed by atoms with Crippen LogP contribution in [0.3, 0.4) is 0 Å². The summed E-state index contributed by atoms with van der Waals surface area (Å²) in [5, 5.41) is 0. The molecule has 0 aliphatic heterocycles. The van der Waals surface area contributed by atoms with Gasteiger partial charge < -0.3 is 4.74 Å². The van der Waals surface area contributed by atoms with Gasteiger partial charge in [-0.05, 0) is 37.4 Å². The molecule has 0 aliphatic carbocycles. The summed E-state index contributed by atoms with van der Waals surface area (Å²) in [5.74, 6) is 0.462. The van der Waals surface area contributed by atoms with Gasteiger partial charge in [0.25, 0.3) is 0 Å². The van der Waals surface area contributed by atoms with Crippen LogP contribution in [0.25, 0.3) is 0 Å². The maximum atomic E-state index is 13.6. The minimum atomic E-state index is -0.249. The largest absolute Gasteiger partial charge is 0.497 e. The first-order valence-corrected chi connectivity index (χ1v) is 6.69. The second-order valence-electron chi connectivity index (χ2n) is 4.92. The number of nitrogens with zero attached hydrogens (tertiary/aromatic N) is 1. The molecule has 0 radical (unpaired) electrons. The number of ketones is 1. The first-order chi connectivity index (χ1) is 10.1. The third kappa shape index (κ3) is 4.13. The van der Waals surface area contributed by atoms with E-state index in [-0.39, 0.29) is 18.1 Å². The zero-order valence-electron chi connectivity index (χ0n) is 12.2. The number of likely N-dealkylation sites (N-methyl/N-ethyl adjacent to an activating group) is 1. The van der Waals surface area contributed by atoms with E-state index >= 15 is 0 Å². The molecule has 3 nitrogen and oxygen atoms in total. The van der Waals surface area contributed by atoms with Crippen molar-refractivity contribution in [2.45, 2.75) is 6.54 Å². The Morgan fingerprint density at radius 2 is 1.81 bits per heavy atom. The Hall–Kier alpha value is -2.20. The Kier molecular flexibility index (Phi) is 5.06. The van der Waals surface area contributed by atoms with Crippen LogP contribution < -0.4 is 4.74 Å². The fourth-order valence-electron chi connectivity index (χ4n) is 2.09. The van der Waals surface area contributed by atoms with E-state index in [4.69, 9.17) is 4.74 Å². The van der Waals surface area contributed by atoms with Crippen LogP contribution in [0, 0.1) is 5.82 Å². The number of hydrogen-bond acceptors (Lipinski definition) is 3. The summed E-state index contributed by atoms with van der Waals surface area (Å²) in [6.07, 6.45) is 0. The van der Waals surface area contributed by atoms with Crippen LogP contribution in [0.1, 0.15) is 15.9 Å². The lowest BCUT2D eigenvalue weighted by molar-refractivity contribution is 0.0942. The van der Waals surface area contributed by atoms with Gasteiger partial charge in [0.2, 0.25) is 0 Å². The van der Waals surface area contributed by atoms with Gasteiger partial charge in [0, 0.05) is 17.7 Å². The number of rotatable bonds is 6. The van der Waals surface area contributed by atoms with Crippen LogP contribution in [0.15, 0.2) is 48.5 Å². The van der Waals surface area contributed by atoms with E-state index < -0.39 is 0 Å². The maximum Gasteiger partial charge on any atom is 0.176 e. The SMILES string of the molecule is COc1ccc(C(=O)CN(C)Cc2ccccc2F)cc1. The predicted molar refractivity (Wildman–Crippen MR) is 80.1 cm³/mol. The molecule has 2 rings (SSSR count). The van der Waals surface area contributed by atoms with Crippen molar-refractivity contribution < 1.29 is 13.9 Å². The zero-order chi connectivity index (χ0) is 15.2. The summed E-state index contributed by atoms with van der Waals surface area (Å²) in [7, 11) is 3.38. The van der Waals surface area contributed by atoms with Crippen LogP contribution in [-0.2, 0) is 6.54 Å². The predicted octanol–water partition coefficient (Wildman–Crippen LogP) is 3.15. The molecule has 0 saturated carbocycles. The summed E-state index contributed by atoms with van der Waals surface area (Å²) in [6, 6.07) is 13.6. The number of hydrogen-bond donors (Lipinski definition) is 0. The van der Waals surface area contributed by atoms with Crippen LogP contribution in [0.2, 0.25) is 0 Å². The molecule has 0 atom stereocenters. The number of methoxy groups -OCH3 is 1. The van der Waals surface area contributed by atoms with E-state index in [0.29, 0.717) is 23.4 Å². The monoisotopic (exact) mass is 287 g/mol. The second-order valence-corrected chi connectivity index (χ2v) is 4.92. The first-order valence-electron chi connectivity index (χ1n) is 6.69. The van der Waals surface area contributed by atoms with E-state index in [1.54, 1.807) is 61.5 Å². The highest BCUT2D eigenvalue weighted by molar-refractivity contribution is 5.97. The maximum absolute atomic E-state index is 13.6. The topological polar surface area (TPSA) is 29.5 Å². The molecule has 0 bridgehead atoms. The van der Waals surface area contributed by atoms with Crippen LogP contribution in [-0.4, -0.2) is 31.4 Å². The van der Waals surface area contributed by atoms with E-state index in [9.17, 15) is 9.18 Å². The van der Waals surface area contributed by atoms with Gasteiger partial charge in [-0.3, -0.25) is 9.69 Å². The number of halogens is 1. The molecule has 0 aromatic heterocycles. The van der Waals surface area contributed by atoms with Crippen molar-refractivity contribution in [2.24, 2.45) is 0 Å². The molecule has 2 aromatic carbocycles. The van der Waals surface area contributed by atoms with Crippen molar-refractivity contribution in [3.05, 3.63) is 65.5 Å². The molecule has 0 N–H and O–H groups in total. The Labute approximate surface area is 124 Å². The normalized spacial score (nSPS) is 10.7. The standard InChI is InChI=1S/C17H18FNO2/c1-19(11-14-5-3-4-6-16(14)18)12-17(20)13-7-9-15(21-2)10-8-13/h3-10H,11-12H2,1-2H3. The zero-order valence-corrected chi connectivity index (χ0v) is 12.2. The lowest BCUT2D eigenvalue weighted by Crippen LogP contribution is -2.26. The third-order valence-corrected chi connectivity index (χ3v) is 3.22. The molecule has 0 aliphatic rings. The van der Waals surface area contributed by atoms with E-state index in [0.717, 1.165) is 0 Å². The first kappa shape index (κ1) is 15.2. The Bertz CT molecular complexity index is 610. The quantitative estimate of drug-likeness (QED) is 0.764. The molecule has 110 valence electrons. The highest BCUT2D eigenvalue weighted by atomic mass is 19.1. The number of benzene rings is 2. The van der Waals surface area contributed by atoms with Crippen molar-refractivity contribution in [1.82, 2.24) is 4.90 Å². The smallest absolute Gasteiger partial charge is 0.176 e. The van der Waals surface area contributed by atoms with Crippen LogP contribution >= 0.6 is 0 Å². The average Bonchev–Trinajstić information content (AvgIpc) is 2.49. The molecular formula is C17H18FNO2. The van der Waals surface area contributed by atoms with Crippen molar-refractivity contribution in [1.29, 1.82) is 0 Å². The molecule has 2 aromatic rings. The molecule has 0 unspecified atom stereocenters. The molecule has 0 spiro atoms. The molecule has 0 saturated heterocycles. The summed E-state index contributed by atoms with van der Waals surface area (Å²) in [4.78, 5) is 14.0. The Morgan fingerprint density at radius 1 is 1.14 bits per heavy atom. The fourth-order valence-corrected chi connectivity index (χ4v) is 2.09. The summed E-state index contributed by atoms with van der Waals surface area (Å²) >= 11 is 0. The van der Waals surface area contributed by atoms with Gasteiger partial charge >= 0.3 is 0 Å². The molecular weight excluding hydrogens is 269 g/mol. The van der Waals surface area contributed by atoms with Crippen molar-refractivity contribution in [2.75, 3.05) is 20.7 Å². The van der Waals surface area contributed by atoms with E-state index in [1.165, 1.54) is 6.07 Å². The summed E-state index contributed by atoms with van der Waals surface area (Å²) < 4.78 is 18.6. The van der Waals surface area contributed by atoms with Gasteiger partial charge in [0.15, 0.2) is 5.78 Å². The Morgan fingerprint density at radius 3 is 2.43 bits per heavy atom. The van der Waals surface area contributed by atoms with Gasteiger partial charge in [-0.15, -0.1) is 0 Å². The summed E-state index contributed by atoms with van der Waals surface area (Å²) in [5.41, 5.74) is 1.21. The van der Waals surface area contributed by atoms with Crippen molar-refractivity contribution in [3.8, 4) is 5.75 Å². The van der Waals surface area contributed by atoms with Gasteiger partial charge in [0.05, 0.1) is 13.7 Å². The number of ether oxygens (including phenoxy) is 1. The minimum absolute atomic E-state index is 0.00325. The molecule has 0 amide bonds. The van der Waals surface area contributed by atoms with E-state index in [2.05, 4.69) is 0 Å². The van der Waals surface area contributed by atoms with Crippen molar-refractivity contribution >= 4 is 5.78 Å². The lowest BCUT2D eigenvalue weighted by atomic mass is 10.1. The van der Waals surface area contributed by atoms with Gasteiger partial charge in [0.1, 0.15) is 11.6 Å².